The maximum Gasteiger partial charge on any atom is 0.481 e. The molecule has 45 heavy (non-hydrogen) atoms. The number of alkyl halides is 2. The van der Waals surface area contributed by atoms with Gasteiger partial charge in [-0.05, 0) is 0 Å². The van der Waals surface area contributed by atoms with Crippen molar-refractivity contribution >= 4 is 49.6 Å². The number of ether oxygens (including phenoxy) is 2. The van der Waals surface area contributed by atoms with Crippen LogP contribution in [0, 0.1) is 0 Å². The molecule has 2 aliphatic rings. The second-order valence-corrected chi connectivity index (χ2v) is 12.8. The molecule has 0 spiro atoms. The minimum absolute atomic E-state index is 0.0157. The van der Waals surface area contributed by atoms with Crippen LogP contribution in [-0.4, -0.2) is 109 Å². The number of hydrogen-bond acceptors (Lipinski definition) is 17. The first kappa shape index (κ1) is 31.6. The SMILES string of the molecule is Nc1ncnc2c1ncn2[C@@H]1O[C@H](COP(=O)(O)OP(=O)(O)OC[C@H]2O[C@@H](n3cnc4c(N)ncnc43)[C@H](O)[C@@H]2F)[C@@H](F)[C@H]1O. The van der Waals surface area contributed by atoms with E-state index in [0.717, 1.165) is 25.3 Å². The van der Waals surface area contributed by atoms with Crippen LogP contribution in [0.1, 0.15) is 12.5 Å². The van der Waals surface area contributed by atoms with Gasteiger partial charge in [-0.2, -0.15) is 4.31 Å². The summed E-state index contributed by atoms with van der Waals surface area (Å²) in [6, 6.07) is 0. The average Bonchev–Trinajstić information content (AvgIpc) is 3.73. The number of fused-ring (bicyclic) bond motifs is 2. The Labute approximate surface area is 249 Å². The zero-order valence-electron chi connectivity index (χ0n) is 22.4. The number of halogens is 2. The van der Waals surface area contributed by atoms with Gasteiger partial charge in [0.15, 0.2) is 47.7 Å². The maximum absolute atomic E-state index is 14.8. The molecule has 0 amide bonds. The minimum Gasteiger partial charge on any atom is -0.385 e. The zero-order chi connectivity index (χ0) is 32.3. The summed E-state index contributed by atoms with van der Waals surface area (Å²) in [5, 5.41) is 20.8. The summed E-state index contributed by atoms with van der Waals surface area (Å²) < 4.78 is 81.1. The molecule has 2 unspecified atom stereocenters. The molecule has 10 atom stereocenters. The van der Waals surface area contributed by atoms with Crippen LogP contribution in [0.25, 0.3) is 22.3 Å². The van der Waals surface area contributed by atoms with Crippen molar-refractivity contribution in [1.82, 2.24) is 39.0 Å². The fourth-order valence-electron chi connectivity index (χ4n) is 4.77. The molecule has 0 radical (unpaired) electrons. The molecule has 2 aliphatic heterocycles. The number of hydrogen-bond donors (Lipinski definition) is 6. The van der Waals surface area contributed by atoms with E-state index < -0.39 is 78.1 Å². The van der Waals surface area contributed by atoms with Gasteiger partial charge in [0.2, 0.25) is 0 Å². The van der Waals surface area contributed by atoms with Crippen LogP contribution in [0.3, 0.4) is 0 Å². The number of aromatic nitrogens is 8. The fourth-order valence-corrected chi connectivity index (χ4v) is 6.86. The Kier molecular flexibility index (Phi) is 8.29. The topological polar surface area (TPSA) is 300 Å². The second-order valence-electron chi connectivity index (χ2n) is 9.78. The summed E-state index contributed by atoms with van der Waals surface area (Å²) in [5.41, 5.74) is 12.0. The first-order valence-corrected chi connectivity index (χ1v) is 15.7. The van der Waals surface area contributed by atoms with E-state index in [-0.39, 0.29) is 34.0 Å². The van der Waals surface area contributed by atoms with Crippen LogP contribution in [-0.2, 0) is 32.0 Å². The predicted octanol–water partition coefficient (Wildman–Crippen LogP) is -0.726. The van der Waals surface area contributed by atoms with E-state index in [4.69, 9.17) is 20.9 Å². The Hall–Kier alpha value is -3.34. The van der Waals surface area contributed by atoms with Crippen LogP contribution >= 0.6 is 15.6 Å². The Balaban J connectivity index is 1.04. The Morgan fingerprint density at radius 1 is 0.756 bits per heavy atom. The van der Waals surface area contributed by atoms with E-state index in [0.29, 0.717) is 0 Å². The van der Waals surface area contributed by atoms with Crippen molar-refractivity contribution in [1.29, 1.82) is 0 Å². The molecule has 2 fully saturated rings. The van der Waals surface area contributed by atoms with Gasteiger partial charge in [-0.1, -0.05) is 0 Å². The number of imidazole rings is 2. The highest BCUT2D eigenvalue weighted by molar-refractivity contribution is 7.61. The Bertz CT molecular complexity index is 1690. The minimum atomic E-state index is -5.46. The molecule has 6 rings (SSSR count). The molecular weight excluding hydrogens is 656 g/mol. The molecule has 6 heterocycles. The molecular formula is C20H24F2N10O11P2. The summed E-state index contributed by atoms with van der Waals surface area (Å²) in [6.07, 6.45) is -9.57. The van der Waals surface area contributed by atoms with E-state index in [2.05, 4.69) is 43.3 Å². The first-order valence-electron chi connectivity index (χ1n) is 12.7. The lowest BCUT2D eigenvalue weighted by Gasteiger charge is -2.20. The molecule has 2 saturated heterocycles. The molecule has 0 bridgehead atoms. The van der Waals surface area contributed by atoms with Crippen molar-refractivity contribution in [2.75, 3.05) is 24.7 Å². The summed E-state index contributed by atoms with van der Waals surface area (Å²) >= 11 is 0. The van der Waals surface area contributed by atoms with Crippen molar-refractivity contribution < 1.29 is 60.7 Å². The number of anilines is 2. The fraction of sp³-hybridized carbons (Fsp3) is 0.500. The summed E-state index contributed by atoms with van der Waals surface area (Å²) in [7, 11) is -10.9. The summed E-state index contributed by atoms with van der Waals surface area (Å²) in [6.45, 7) is -2.07. The Morgan fingerprint density at radius 3 is 1.56 bits per heavy atom. The lowest BCUT2D eigenvalue weighted by atomic mass is 10.1. The van der Waals surface area contributed by atoms with Crippen molar-refractivity contribution in [2.45, 2.75) is 49.2 Å². The van der Waals surface area contributed by atoms with Gasteiger partial charge in [-0.3, -0.25) is 18.2 Å². The van der Waals surface area contributed by atoms with Crippen LogP contribution in [0.4, 0.5) is 20.4 Å². The first-order chi connectivity index (χ1) is 21.3. The van der Waals surface area contributed by atoms with Crippen LogP contribution < -0.4 is 11.5 Å². The molecule has 4 aromatic heterocycles. The highest BCUT2D eigenvalue weighted by Gasteiger charge is 2.49. The molecule has 0 saturated carbocycles. The number of nitrogens with zero attached hydrogens (tertiary/aromatic N) is 8. The highest BCUT2D eigenvalue weighted by Crippen LogP contribution is 2.61. The Morgan fingerprint density at radius 2 is 1.16 bits per heavy atom. The van der Waals surface area contributed by atoms with E-state index in [1.54, 1.807) is 0 Å². The predicted molar refractivity (Wildman–Crippen MR) is 142 cm³/mol. The standard InChI is InChI=1S/C20H24F2N10O11P2/c21-9-7(41-19(13(9)33)31-5-29-11-15(23)25-3-27-17(11)31)1-39-44(35,36)43-45(37,38)40-2-8-10(22)14(34)20(42-8)32-6-30-12-16(24)26-4-28-18(12)32/h3-10,13-14,19-20,33-34H,1-2H2,(H,35,36)(H,37,38)(H2,23,25,27)(H2,24,26,28)/t7-,8-,9-,10-,13-,14-,19-,20-/m1/s1. The lowest BCUT2D eigenvalue weighted by Crippen LogP contribution is -2.30. The third kappa shape index (κ3) is 6.00. The molecule has 21 nitrogen and oxygen atoms in total. The number of nitrogens with two attached hydrogens (primary N) is 2. The van der Waals surface area contributed by atoms with Crippen molar-refractivity contribution in [3.8, 4) is 0 Å². The molecule has 244 valence electrons. The highest BCUT2D eigenvalue weighted by atomic mass is 31.3. The molecule has 25 heteroatoms. The third-order valence-corrected chi connectivity index (χ3v) is 9.51. The van der Waals surface area contributed by atoms with Gasteiger partial charge in [0.1, 0.15) is 48.1 Å². The quantitative estimate of drug-likeness (QED) is 0.113. The number of rotatable bonds is 10. The van der Waals surface area contributed by atoms with E-state index in [1.165, 1.54) is 9.13 Å². The number of nitrogen functional groups attached to an aromatic ring is 2. The van der Waals surface area contributed by atoms with Gasteiger partial charge < -0.3 is 40.9 Å². The third-order valence-electron chi connectivity index (χ3n) is 6.91. The van der Waals surface area contributed by atoms with Crippen molar-refractivity contribution in [3.05, 3.63) is 25.3 Å². The van der Waals surface area contributed by atoms with Gasteiger partial charge in [0, 0.05) is 0 Å². The van der Waals surface area contributed by atoms with Crippen molar-refractivity contribution in [3.63, 3.8) is 0 Å². The second kappa shape index (κ2) is 11.8. The number of aliphatic hydroxyl groups is 2. The van der Waals surface area contributed by atoms with Gasteiger partial charge in [-0.15, -0.1) is 0 Å². The van der Waals surface area contributed by atoms with Gasteiger partial charge in [0.05, 0.1) is 25.9 Å². The zero-order valence-corrected chi connectivity index (χ0v) is 24.2. The van der Waals surface area contributed by atoms with Gasteiger partial charge in [0.25, 0.3) is 0 Å². The largest absolute Gasteiger partial charge is 0.481 e. The van der Waals surface area contributed by atoms with Crippen molar-refractivity contribution in [2.24, 2.45) is 0 Å². The van der Waals surface area contributed by atoms with E-state index in [1.807, 2.05) is 0 Å². The summed E-state index contributed by atoms with van der Waals surface area (Å²) in [5.74, 6) is 0.0314. The van der Waals surface area contributed by atoms with E-state index >= 15 is 0 Å². The smallest absolute Gasteiger partial charge is 0.385 e. The number of aliphatic hydroxyl groups excluding tert-OH is 2. The van der Waals surface area contributed by atoms with E-state index in [9.17, 15) is 37.9 Å². The van der Waals surface area contributed by atoms with Gasteiger partial charge in [-0.25, -0.2) is 47.8 Å². The number of phosphoric ester groups is 2. The van der Waals surface area contributed by atoms with Crippen LogP contribution in [0.15, 0.2) is 25.3 Å². The maximum atomic E-state index is 14.8. The van der Waals surface area contributed by atoms with Gasteiger partial charge >= 0.3 is 15.6 Å². The number of phosphoric acid groups is 2. The lowest BCUT2D eigenvalue weighted by molar-refractivity contribution is -0.0513. The molecule has 0 aromatic carbocycles. The molecule has 8 N–H and O–H groups in total. The van der Waals surface area contributed by atoms with Crippen LogP contribution in [0.2, 0.25) is 0 Å². The molecule has 4 aromatic rings. The average molecular weight is 680 g/mol. The molecule has 0 aliphatic carbocycles. The normalized spacial score (nSPS) is 31.4. The summed E-state index contributed by atoms with van der Waals surface area (Å²) in [4.78, 5) is 43.5. The van der Waals surface area contributed by atoms with Crippen LogP contribution in [0.5, 0.6) is 0 Å². The monoisotopic (exact) mass is 680 g/mol.